The molecule has 0 aliphatic heterocycles. The molecule has 1 aliphatic rings. The number of primary amides is 1. The van der Waals surface area contributed by atoms with E-state index in [0.717, 1.165) is 27.9 Å². The number of nitrogens with zero attached hydrogens (tertiary/aromatic N) is 2. The molecule has 0 saturated heterocycles. The highest BCUT2D eigenvalue weighted by Crippen LogP contribution is 2.36. The highest BCUT2D eigenvalue weighted by molar-refractivity contribution is 6.02. The van der Waals surface area contributed by atoms with E-state index in [9.17, 15) is 4.79 Å². The van der Waals surface area contributed by atoms with Crippen LogP contribution in [0.1, 0.15) is 35.7 Å². The maximum atomic E-state index is 11.9. The number of amides is 1. The molecule has 2 heterocycles. The Labute approximate surface area is 152 Å². The molecule has 1 aromatic carbocycles. The molecule has 5 heteroatoms. The van der Waals surface area contributed by atoms with Gasteiger partial charge in [0.05, 0.1) is 23.0 Å². The summed E-state index contributed by atoms with van der Waals surface area (Å²) >= 11 is 0. The molecule has 2 aromatic heterocycles. The van der Waals surface area contributed by atoms with Crippen molar-refractivity contribution in [3.05, 3.63) is 60.4 Å². The van der Waals surface area contributed by atoms with Crippen LogP contribution in [0.3, 0.4) is 0 Å². The molecule has 1 atom stereocenters. The predicted molar refractivity (Wildman–Crippen MR) is 105 cm³/mol. The van der Waals surface area contributed by atoms with Gasteiger partial charge in [0.25, 0.3) is 5.91 Å². The Kier molecular flexibility index (Phi) is 3.99. The molecule has 26 heavy (non-hydrogen) atoms. The summed E-state index contributed by atoms with van der Waals surface area (Å²) in [5, 5.41) is 7.88. The van der Waals surface area contributed by atoms with Gasteiger partial charge in [-0.2, -0.15) is 5.10 Å². The smallest absolute Gasteiger partial charge is 0.252 e. The lowest BCUT2D eigenvalue weighted by molar-refractivity contribution is 0.100. The van der Waals surface area contributed by atoms with E-state index in [-0.39, 0.29) is 0 Å². The first-order valence-corrected chi connectivity index (χ1v) is 8.87. The first kappa shape index (κ1) is 16.4. The van der Waals surface area contributed by atoms with Crippen LogP contribution in [0.15, 0.2) is 49.3 Å². The van der Waals surface area contributed by atoms with E-state index in [1.54, 1.807) is 10.7 Å². The molecule has 1 amide bonds. The van der Waals surface area contributed by atoms with Gasteiger partial charge in [0, 0.05) is 17.8 Å². The first-order valence-electron chi connectivity index (χ1n) is 8.87. The van der Waals surface area contributed by atoms with Gasteiger partial charge in [-0.1, -0.05) is 30.9 Å². The fourth-order valence-electron chi connectivity index (χ4n) is 3.34. The summed E-state index contributed by atoms with van der Waals surface area (Å²) in [5.41, 5.74) is 10.8. The third-order valence-electron chi connectivity index (χ3n) is 5.06. The van der Waals surface area contributed by atoms with E-state index < -0.39 is 5.91 Å². The van der Waals surface area contributed by atoms with E-state index in [2.05, 4.69) is 36.1 Å². The van der Waals surface area contributed by atoms with E-state index in [0.29, 0.717) is 17.5 Å². The van der Waals surface area contributed by atoms with Crippen molar-refractivity contribution in [2.24, 2.45) is 11.7 Å². The Bertz CT molecular complexity index is 1000. The zero-order chi connectivity index (χ0) is 18.3. The average Bonchev–Trinajstić information content (AvgIpc) is 3.40. The highest BCUT2D eigenvalue weighted by atomic mass is 16.1. The highest BCUT2D eigenvalue weighted by Gasteiger charge is 2.29. The molecule has 1 unspecified atom stereocenters. The molecule has 3 aromatic rings. The second kappa shape index (κ2) is 6.33. The molecular weight excluding hydrogens is 324 g/mol. The Morgan fingerprint density at radius 2 is 2.19 bits per heavy atom. The standard InChI is InChI=1S/C21H22N4O/c1-3-14-5-4-6-16(9-14)17-10-19-20(24-13(2)15-7-8-15)18(21(22)26)11-23-25(19)12-17/h3-6,9-13,15,24H,1,7-8H2,2H3,(H2,22,26). The molecule has 0 bridgehead atoms. The van der Waals surface area contributed by atoms with Crippen molar-refractivity contribution in [3.8, 4) is 11.1 Å². The minimum absolute atomic E-state index is 0.293. The van der Waals surface area contributed by atoms with Crippen LogP contribution in [0, 0.1) is 5.92 Å². The van der Waals surface area contributed by atoms with Crippen molar-refractivity contribution in [1.82, 2.24) is 9.61 Å². The summed E-state index contributed by atoms with van der Waals surface area (Å²) in [4.78, 5) is 11.9. The number of benzene rings is 1. The fourth-order valence-corrected chi connectivity index (χ4v) is 3.34. The van der Waals surface area contributed by atoms with E-state index in [1.165, 1.54) is 12.8 Å². The molecule has 5 nitrogen and oxygen atoms in total. The van der Waals surface area contributed by atoms with Gasteiger partial charge in [-0.25, -0.2) is 4.52 Å². The summed E-state index contributed by atoms with van der Waals surface area (Å²) in [6.07, 6.45) is 7.79. The molecule has 1 aliphatic carbocycles. The van der Waals surface area contributed by atoms with Crippen molar-refractivity contribution in [1.29, 1.82) is 0 Å². The van der Waals surface area contributed by atoms with Crippen molar-refractivity contribution >= 4 is 23.2 Å². The lowest BCUT2D eigenvalue weighted by Crippen LogP contribution is -2.22. The SMILES string of the molecule is C=Cc1cccc(-c2cc3c(NC(C)C4CC4)c(C(N)=O)cnn3c2)c1. The number of hydrogen-bond acceptors (Lipinski definition) is 3. The lowest BCUT2D eigenvalue weighted by atomic mass is 10.1. The van der Waals surface area contributed by atoms with Crippen LogP contribution < -0.4 is 11.1 Å². The summed E-state index contributed by atoms with van der Waals surface area (Å²) < 4.78 is 1.80. The zero-order valence-electron chi connectivity index (χ0n) is 14.8. The third kappa shape index (κ3) is 2.96. The number of hydrogen-bond donors (Lipinski definition) is 2. The number of rotatable bonds is 6. The van der Waals surface area contributed by atoms with E-state index >= 15 is 0 Å². The van der Waals surface area contributed by atoms with Gasteiger partial charge in [-0.3, -0.25) is 4.79 Å². The number of nitrogens with two attached hydrogens (primary N) is 1. The van der Waals surface area contributed by atoms with Gasteiger partial charge in [0.2, 0.25) is 0 Å². The maximum absolute atomic E-state index is 11.9. The van der Waals surface area contributed by atoms with Crippen LogP contribution in [0.4, 0.5) is 5.69 Å². The van der Waals surface area contributed by atoms with Crippen LogP contribution in [0.2, 0.25) is 0 Å². The molecule has 1 fully saturated rings. The quantitative estimate of drug-likeness (QED) is 0.710. The number of fused-ring (bicyclic) bond motifs is 1. The molecule has 0 radical (unpaired) electrons. The first-order chi connectivity index (χ1) is 12.6. The number of nitrogens with one attached hydrogen (secondary N) is 1. The van der Waals surface area contributed by atoms with Crippen LogP contribution in [0.25, 0.3) is 22.7 Å². The average molecular weight is 346 g/mol. The van der Waals surface area contributed by atoms with Gasteiger partial charge in [-0.05, 0) is 48.9 Å². The normalized spacial score (nSPS) is 15.0. The molecule has 1 saturated carbocycles. The van der Waals surface area contributed by atoms with Crippen LogP contribution in [0.5, 0.6) is 0 Å². The third-order valence-corrected chi connectivity index (χ3v) is 5.06. The van der Waals surface area contributed by atoms with E-state index in [1.807, 2.05) is 30.5 Å². The monoisotopic (exact) mass is 346 g/mol. The van der Waals surface area contributed by atoms with Crippen molar-refractivity contribution in [2.45, 2.75) is 25.8 Å². The number of aromatic nitrogens is 2. The molecule has 4 rings (SSSR count). The number of carbonyl (C=O) groups is 1. The van der Waals surface area contributed by atoms with Gasteiger partial charge < -0.3 is 11.1 Å². The van der Waals surface area contributed by atoms with Gasteiger partial charge in [-0.15, -0.1) is 0 Å². The number of carbonyl (C=O) groups excluding carboxylic acids is 1. The Hall–Kier alpha value is -3.08. The minimum atomic E-state index is -0.470. The van der Waals surface area contributed by atoms with Crippen molar-refractivity contribution in [2.75, 3.05) is 5.32 Å². The van der Waals surface area contributed by atoms with Gasteiger partial charge >= 0.3 is 0 Å². The zero-order valence-corrected chi connectivity index (χ0v) is 14.8. The Balaban J connectivity index is 1.83. The fraction of sp³-hybridized carbons (Fsp3) is 0.238. The predicted octanol–water partition coefficient (Wildman–Crippen LogP) is 3.95. The van der Waals surface area contributed by atoms with Crippen LogP contribution in [-0.4, -0.2) is 21.6 Å². The molecule has 132 valence electrons. The van der Waals surface area contributed by atoms with Crippen molar-refractivity contribution < 1.29 is 4.79 Å². The summed E-state index contributed by atoms with van der Waals surface area (Å²) in [5.74, 6) is 0.185. The lowest BCUT2D eigenvalue weighted by Gasteiger charge is -2.17. The molecular formula is C21H22N4O. The van der Waals surface area contributed by atoms with Crippen molar-refractivity contribution in [3.63, 3.8) is 0 Å². The molecule has 0 spiro atoms. The second-order valence-electron chi connectivity index (χ2n) is 6.96. The summed E-state index contributed by atoms with van der Waals surface area (Å²) in [6, 6.07) is 10.5. The van der Waals surface area contributed by atoms with Gasteiger partial charge in [0.15, 0.2) is 0 Å². The molecule has 3 N–H and O–H groups in total. The minimum Gasteiger partial charge on any atom is -0.380 e. The largest absolute Gasteiger partial charge is 0.380 e. The van der Waals surface area contributed by atoms with Gasteiger partial charge in [0.1, 0.15) is 0 Å². The van der Waals surface area contributed by atoms with Crippen LogP contribution in [-0.2, 0) is 0 Å². The maximum Gasteiger partial charge on any atom is 0.252 e. The number of anilines is 1. The summed E-state index contributed by atoms with van der Waals surface area (Å²) in [7, 11) is 0. The second-order valence-corrected chi connectivity index (χ2v) is 6.96. The van der Waals surface area contributed by atoms with E-state index in [4.69, 9.17) is 5.73 Å². The summed E-state index contributed by atoms with van der Waals surface area (Å²) in [6.45, 7) is 5.98. The topological polar surface area (TPSA) is 72.4 Å². The Morgan fingerprint density at radius 3 is 2.88 bits per heavy atom. The Morgan fingerprint density at radius 1 is 1.38 bits per heavy atom. The van der Waals surface area contributed by atoms with Crippen LogP contribution >= 0.6 is 0 Å².